The van der Waals surface area contributed by atoms with Gasteiger partial charge in [0.25, 0.3) is 0 Å². The Morgan fingerprint density at radius 3 is 1.83 bits per heavy atom. The van der Waals surface area contributed by atoms with Crippen LogP contribution in [0.2, 0.25) is 0 Å². The van der Waals surface area contributed by atoms with Crippen LogP contribution in [0.4, 0.5) is 0 Å². The van der Waals surface area contributed by atoms with E-state index in [9.17, 15) is 14.4 Å². The highest BCUT2D eigenvalue weighted by atomic mass is 16.2. The van der Waals surface area contributed by atoms with Crippen LogP contribution >= 0.6 is 0 Å². The van der Waals surface area contributed by atoms with Gasteiger partial charge in [0.15, 0.2) is 0 Å². The summed E-state index contributed by atoms with van der Waals surface area (Å²) < 4.78 is 0. The van der Waals surface area contributed by atoms with Crippen molar-refractivity contribution in [2.75, 3.05) is 0 Å². The number of nitrogens with two attached hydrogens (primary N) is 1. The van der Waals surface area contributed by atoms with Gasteiger partial charge in [0.1, 0.15) is 6.04 Å². The minimum absolute atomic E-state index is 0.0195. The van der Waals surface area contributed by atoms with Crippen molar-refractivity contribution in [2.45, 2.75) is 38.3 Å². The second kappa shape index (κ2) is 10.8. The highest BCUT2D eigenvalue weighted by molar-refractivity contribution is 6.03. The fourth-order valence-corrected chi connectivity index (χ4v) is 4.39. The van der Waals surface area contributed by atoms with Crippen LogP contribution in [0.5, 0.6) is 0 Å². The third-order valence-electron chi connectivity index (χ3n) is 6.23. The number of carbonyl (C=O) groups excluding carboxylic acids is 3. The predicted octanol–water partition coefficient (Wildman–Crippen LogP) is 4.16. The molecule has 4 N–H and O–H groups in total. The zero-order valence-corrected chi connectivity index (χ0v) is 19.7. The molecular formula is C29H29N3O3. The summed E-state index contributed by atoms with van der Waals surface area (Å²) >= 11 is 0. The van der Waals surface area contributed by atoms with E-state index in [0.29, 0.717) is 0 Å². The lowest BCUT2D eigenvalue weighted by atomic mass is 9.92. The summed E-state index contributed by atoms with van der Waals surface area (Å²) in [6, 6.07) is 26.6. The van der Waals surface area contributed by atoms with Crippen molar-refractivity contribution in [2.24, 2.45) is 5.73 Å². The Kier molecular flexibility index (Phi) is 7.41. The van der Waals surface area contributed by atoms with Crippen LogP contribution in [0.1, 0.15) is 36.9 Å². The normalized spacial score (nSPS) is 12.7. The third-order valence-corrected chi connectivity index (χ3v) is 6.23. The van der Waals surface area contributed by atoms with Gasteiger partial charge in [0.2, 0.25) is 17.7 Å². The number of hydrogen-bond donors (Lipinski definition) is 3. The summed E-state index contributed by atoms with van der Waals surface area (Å²) in [6.07, 6.45) is 0.249. The maximum atomic E-state index is 12.6. The number of carbonyl (C=O) groups is 3. The van der Waals surface area contributed by atoms with Gasteiger partial charge in [-0.15, -0.1) is 0 Å². The summed E-state index contributed by atoms with van der Waals surface area (Å²) in [5.74, 6) is -1.23. The molecule has 0 saturated heterocycles. The molecule has 0 fully saturated rings. The molecule has 0 aliphatic carbocycles. The van der Waals surface area contributed by atoms with Crippen molar-refractivity contribution in [3.05, 3.63) is 96.1 Å². The molecule has 35 heavy (non-hydrogen) atoms. The maximum absolute atomic E-state index is 12.6. The molecule has 0 aliphatic heterocycles. The van der Waals surface area contributed by atoms with Crippen LogP contribution < -0.4 is 16.4 Å². The number of rotatable bonds is 9. The Balaban J connectivity index is 1.43. The van der Waals surface area contributed by atoms with E-state index in [1.54, 1.807) is 0 Å². The van der Waals surface area contributed by atoms with Crippen LogP contribution in [-0.2, 0) is 20.8 Å². The van der Waals surface area contributed by atoms with Crippen LogP contribution in [0.15, 0.2) is 84.9 Å². The third kappa shape index (κ3) is 5.84. The molecule has 0 aliphatic rings. The second-order valence-electron chi connectivity index (χ2n) is 8.72. The van der Waals surface area contributed by atoms with E-state index in [0.717, 1.165) is 32.7 Å². The molecule has 0 bridgehead atoms. The fourth-order valence-electron chi connectivity index (χ4n) is 4.39. The van der Waals surface area contributed by atoms with E-state index < -0.39 is 11.9 Å². The second-order valence-corrected chi connectivity index (χ2v) is 8.72. The van der Waals surface area contributed by atoms with Crippen molar-refractivity contribution < 1.29 is 14.4 Å². The Morgan fingerprint density at radius 1 is 0.743 bits per heavy atom. The van der Waals surface area contributed by atoms with Crippen LogP contribution in [0, 0.1) is 0 Å². The standard InChI is InChI=1S/C29H29N3O3/c1-19(20-9-3-2-4-10-20)31-27(33)15-16-28(34)32-26(29(30)35)18-25-23-13-7-5-11-21(23)17-22-12-6-8-14-24(22)25/h2-14,17,19,26H,15-16,18H2,1H3,(H2,30,35)(H,31,33)(H,32,34)/t19-,26+/m1/s1. The molecule has 0 radical (unpaired) electrons. The molecule has 0 saturated carbocycles. The maximum Gasteiger partial charge on any atom is 0.240 e. The van der Waals surface area contributed by atoms with E-state index in [-0.39, 0.29) is 37.1 Å². The van der Waals surface area contributed by atoms with E-state index in [4.69, 9.17) is 5.73 Å². The van der Waals surface area contributed by atoms with Crippen molar-refractivity contribution in [1.29, 1.82) is 0 Å². The molecule has 0 unspecified atom stereocenters. The number of benzene rings is 4. The lowest BCUT2D eigenvalue weighted by molar-refractivity contribution is -0.129. The molecule has 4 aromatic rings. The number of primary amides is 1. The van der Waals surface area contributed by atoms with Gasteiger partial charge in [-0.25, -0.2) is 0 Å². The number of hydrogen-bond acceptors (Lipinski definition) is 3. The van der Waals surface area contributed by atoms with Crippen LogP contribution in [0.3, 0.4) is 0 Å². The molecule has 6 nitrogen and oxygen atoms in total. The monoisotopic (exact) mass is 467 g/mol. The van der Waals surface area contributed by atoms with E-state index in [1.165, 1.54) is 0 Å². The molecule has 178 valence electrons. The average molecular weight is 468 g/mol. The molecule has 6 heteroatoms. The van der Waals surface area contributed by atoms with Crippen LogP contribution in [-0.4, -0.2) is 23.8 Å². The zero-order chi connectivity index (χ0) is 24.8. The van der Waals surface area contributed by atoms with Gasteiger partial charge in [0, 0.05) is 19.3 Å². The molecule has 4 aromatic carbocycles. The lowest BCUT2D eigenvalue weighted by Gasteiger charge is -2.19. The summed E-state index contributed by atoms with van der Waals surface area (Å²) in [5, 5.41) is 9.78. The summed E-state index contributed by atoms with van der Waals surface area (Å²) in [5.41, 5.74) is 7.62. The van der Waals surface area contributed by atoms with Gasteiger partial charge >= 0.3 is 0 Å². The Hall–Kier alpha value is -4.19. The Labute approximate surface area is 204 Å². The summed E-state index contributed by atoms with van der Waals surface area (Å²) in [6.45, 7) is 1.89. The van der Waals surface area contributed by atoms with Crippen LogP contribution in [0.25, 0.3) is 21.5 Å². The van der Waals surface area contributed by atoms with Gasteiger partial charge in [-0.1, -0.05) is 78.9 Å². The van der Waals surface area contributed by atoms with Gasteiger partial charge in [-0.05, 0) is 45.7 Å². The topological polar surface area (TPSA) is 101 Å². The SMILES string of the molecule is C[C@@H](NC(=O)CCC(=O)N[C@@H](Cc1c2ccccc2cc2ccccc12)C(N)=O)c1ccccc1. The molecule has 2 atom stereocenters. The number of fused-ring (bicyclic) bond motifs is 2. The minimum atomic E-state index is -0.886. The van der Waals surface area contributed by atoms with Gasteiger partial charge in [-0.2, -0.15) is 0 Å². The Bertz CT molecular complexity index is 1310. The highest BCUT2D eigenvalue weighted by Crippen LogP contribution is 2.29. The van der Waals surface area contributed by atoms with Crippen molar-refractivity contribution in [3.8, 4) is 0 Å². The molecule has 0 aromatic heterocycles. The van der Waals surface area contributed by atoms with Gasteiger partial charge in [-0.3, -0.25) is 14.4 Å². The van der Waals surface area contributed by atoms with E-state index in [1.807, 2.05) is 85.8 Å². The first kappa shape index (κ1) is 24.0. The van der Waals surface area contributed by atoms with Gasteiger partial charge in [0.05, 0.1) is 6.04 Å². The average Bonchev–Trinajstić information content (AvgIpc) is 2.87. The van der Waals surface area contributed by atoms with Crippen molar-refractivity contribution in [3.63, 3.8) is 0 Å². The zero-order valence-electron chi connectivity index (χ0n) is 19.7. The first-order chi connectivity index (χ1) is 16.9. The molecule has 3 amide bonds. The predicted molar refractivity (Wildman–Crippen MR) is 139 cm³/mol. The molecule has 0 spiro atoms. The first-order valence-electron chi connectivity index (χ1n) is 11.7. The minimum Gasteiger partial charge on any atom is -0.368 e. The Morgan fingerprint density at radius 2 is 1.26 bits per heavy atom. The van der Waals surface area contributed by atoms with E-state index in [2.05, 4.69) is 16.7 Å². The van der Waals surface area contributed by atoms with Crippen molar-refractivity contribution in [1.82, 2.24) is 10.6 Å². The van der Waals surface area contributed by atoms with Crippen molar-refractivity contribution >= 4 is 39.3 Å². The summed E-state index contributed by atoms with van der Waals surface area (Å²) in [7, 11) is 0. The highest BCUT2D eigenvalue weighted by Gasteiger charge is 2.22. The fraction of sp³-hybridized carbons (Fsp3) is 0.207. The lowest BCUT2D eigenvalue weighted by Crippen LogP contribution is -2.46. The molecular weight excluding hydrogens is 438 g/mol. The summed E-state index contributed by atoms with van der Waals surface area (Å²) in [4.78, 5) is 37.3. The molecule has 4 rings (SSSR count). The number of nitrogens with one attached hydrogen (secondary N) is 2. The smallest absolute Gasteiger partial charge is 0.240 e. The van der Waals surface area contributed by atoms with Gasteiger partial charge < -0.3 is 16.4 Å². The van der Waals surface area contributed by atoms with E-state index >= 15 is 0 Å². The molecule has 0 heterocycles. The largest absolute Gasteiger partial charge is 0.368 e. The number of amides is 3. The quantitative estimate of drug-likeness (QED) is 0.322. The first-order valence-corrected chi connectivity index (χ1v) is 11.7.